The predicted octanol–water partition coefficient (Wildman–Crippen LogP) is 2.47. The number of rotatable bonds is 7. The Balaban J connectivity index is 2.06. The van der Waals surface area contributed by atoms with Crippen molar-refractivity contribution in [3.63, 3.8) is 0 Å². The molecule has 156 valence electrons. The van der Waals surface area contributed by atoms with Crippen molar-refractivity contribution in [3.8, 4) is 5.75 Å². The number of hydrogen-bond donors (Lipinski definition) is 1. The van der Waals surface area contributed by atoms with Crippen LogP contribution >= 0.6 is 0 Å². The molecule has 30 heavy (non-hydrogen) atoms. The summed E-state index contributed by atoms with van der Waals surface area (Å²) in [5.41, 5.74) is 1.00. The number of amides is 1. The number of aliphatic hydroxyl groups excluding tert-OH is 1. The summed E-state index contributed by atoms with van der Waals surface area (Å²) < 4.78 is 10.1. The van der Waals surface area contributed by atoms with Crippen molar-refractivity contribution in [2.75, 3.05) is 20.3 Å². The van der Waals surface area contributed by atoms with Gasteiger partial charge in [0.25, 0.3) is 11.7 Å². The molecule has 1 atom stereocenters. The van der Waals surface area contributed by atoms with Gasteiger partial charge < -0.3 is 19.5 Å². The predicted molar refractivity (Wildman–Crippen MR) is 107 cm³/mol. The van der Waals surface area contributed by atoms with Gasteiger partial charge in [-0.05, 0) is 36.2 Å². The topological polar surface area (TPSA) is 106 Å². The number of ether oxygens (including phenoxy) is 2. The number of hydrogen-bond acceptors (Lipinski definition) is 7. The van der Waals surface area contributed by atoms with E-state index in [0.717, 1.165) is 0 Å². The minimum atomic E-state index is -0.776. The van der Waals surface area contributed by atoms with E-state index in [4.69, 9.17) is 9.47 Å². The van der Waals surface area contributed by atoms with E-state index in [0.29, 0.717) is 29.9 Å². The first-order valence-electron chi connectivity index (χ1n) is 9.40. The highest BCUT2D eigenvalue weighted by Gasteiger charge is 2.45. The maximum absolute atomic E-state index is 12.8. The van der Waals surface area contributed by atoms with E-state index in [1.165, 1.54) is 24.2 Å². The third-order valence-electron chi connectivity index (χ3n) is 4.70. The van der Waals surface area contributed by atoms with Gasteiger partial charge in [0, 0.05) is 45.1 Å². The lowest BCUT2D eigenvalue weighted by Gasteiger charge is -2.25. The van der Waals surface area contributed by atoms with Crippen LogP contribution in [0, 0.1) is 0 Å². The summed E-state index contributed by atoms with van der Waals surface area (Å²) >= 11 is 0. The largest absolute Gasteiger partial charge is 0.507 e. The first kappa shape index (κ1) is 21.2. The van der Waals surface area contributed by atoms with Crippen molar-refractivity contribution in [1.29, 1.82) is 0 Å². The lowest BCUT2D eigenvalue weighted by Crippen LogP contribution is -2.31. The zero-order valence-corrected chi connectivity index (χ0v) is 16.7. The Bertz CT molecular complexity index is 969. The number of benzene rings is 1. The lowest BCUT2D eigenvalue weighted by atomic mass is 9.95. The van der Waals surface area contributed by atoms with Crippen LogP contribution in [0.3, 0.4) is 0 Å². The second-order valence-corrected chi connectivity index (χ2v) is 6.74. The van der Waals surface area contributed by atoms with Crippen LogP contribution in [0.2, 0.25) is 0 Å². The number of aromatic nitrogens is 1. The smallest absolute Gasteiger partial charge is 0.308 e. The minimum absolute atomic E-state index is 0.00357. The third kappa shape index (κ3) is 4.38. The number of carbonyl (C=O) groups is 3. The van der Waals surface area contributed by atoms with Gasteiger partial charge in [0.05, 0.1) is 11.6 Å². The molecule has 8 heteroatoms. The molecule has 1 aliphatic rings. The van der Waals surface area contributed by atoms with Crippen LogP contribution in [0.1, 0.15) is 30.5 Å². The Kier molecular flexibility index (Phi) is 6.58. The summed E-state index contributed by atoms with van der Waals surface area (Å²) in [5, 5.41) is 10.9. The zero-order chi connectivity index (χ0) is 21.7. The first-order chi connectivity index (χ1) is 14.4. The number of aliphatic hydroxyl groups is 1. The summed E-state index contributed by atoms with van der Waals surface area (Å²) in [6.07, 6.45) is 3.51. The molecular weight excluding hydrogens is 388 g/mol. The summed E-state index contributed by atoms with van der Waals surface area (Å²) in [4.78, 5) is 42.1. The van der Waals surface area contributed by atoms with Gasteiger partial charge in [0.1, 0.15) is 11.5 Å². The lowest BCUT2D eigenvalue weighted by molar-refractivity contribution is -0.140. The van der Waals surface area contributed by atoms with E-state index in [-0.39, 0.29) is 17.9 Å². The number of likely N-dealkylation sites (tertiary alicyclic amines) is 1. The molecule has 8 nitrogen and oxygen atoms in total. The summed E-state index contributed by atoms with van der Waals surface area (Å²) in [5.74, 6) is -1.81. The van der Waals surface area contributed by atoms with Crippen molar-refractivity contribution in [1.82, 2.24) is 9.88 Å². The molecule has 0 saturated carbocycles. The highest BCUT2D eigenvalue weighted by Crippen LogP contribution is 2.39. The van der Waals surface area contributed by atoms with Crippen molar-refractivity contribution >= 4 is 23.4 Å². The van der Waals surface area contributed by atoms with Gasteiger partial charge in [-0.3, -0.25) is 19.4 Å². The maximum Gasteiger partial charge on any atom is 0.308 e. The molecule has 0 aliphatic carbocycles. The molecule has 0 spiro atoms. The van der Waals surface area contributed by atoms with Gasteiger partial charge in [-0.15, -0.1) is 0 Å². The van der Waals surface area contributed by atoms with Crippen LogP contribution in [-0.2, 0) is 19.1 Å². The fourth-order valence-corrected chi connectivity index (χ4v) is 3.39. The second-order valence-electron chi connectivity index (χ2n) is 6.74. The van der Waals surface area contributed by atoms with Gasteiger partial charge in [0.2, 0.25) is 0 Å². The molecule has 0 radical (unpaired) electrons. The number of carbonyl (C=O) groups excluding carboxylic acids is 3. The Morgan fingerprint density at radius 2 is 1.80 bits per heavy atom. The molecule has 1 aromatic carbocycles. The maximum atomic E-state index is 12.8. The van der Waals surface area contributed by atoms with Gasteiger partial charge >= 0.3 is 5.97 Å². The summed E-state index contributed by atoms with van der Waals surface area (Å²) in [6, 6.07) is 8.84. The molecule has 2 aromatic rings. The highest BCUT2D eigenvalue weighted by atomic mass is 16.5. The average molecular weight is 410 g/mol. The standard InChI is InChI=1S/C22H22N2O6/c1-14(25)30-17-6-4-15(5-7-17)19-18(20(26)16-8-10-23-11-9-16)21(27)22(28)24(19)12-3-13-29-2/h4-11,19,26H,3,12-13H2,1-2H3/b20-18-. The number of Topliss-reactive ketones (excluding diaryl/α,β-unsaturated/α-hetero) is 1. The fourth-order valence-electron chi connectivity index (χ4n) is 3.39. The Labute approximate surface area is 173 Å². The number of ketones is 1. The molecule has 1 aliphatic heterocycles. The molecule has 0 bridgehead atoms. The normalized spacial score (nSPS) is 17.9. The molecule has 1 amide bonds. The number of methoxy groups -OCH3 is 1. The van der Waals surface area contributed by atoms with Crippen LogP contribution < -0.4 is 4.74 Å². The van der Waals surface area contributed by atoms with Crippen LogP contribution in [0.15, 0.2) is 54.4 Å². The van der Waals surface area contributed by atoms with Crippen molar-refractivity contribution in [2.45, 2.75) is 19.4 Å². The number of pyridine rings is 1. The van der Waals surface area contributed by atoms with E-state index in [1.807, 2.05) is 0 Å². The molecule has 2 heterocycles. The molecule has 1 saturated heterocycles. The van der Waals surface area contributed by atoms with Crippen molar-refractivity contribution in [3.05, 3.63) is 65.5 Å². The minimum Gasteiger partial charge on any atom is -0.507 e. The van der Waals surface area contributed by atoms with Gasteiger partial charge in [-0.1, -0.05) is 12.1 Å². The monoisotopic (exact) mass is 410 g/mol. The fraction of sp³-hybridized carbons (Fsp3) is 0.273. The molecule has 3 rings (SSSR count). The summed E-state index contributed by atoms with van der Waals surface area (Å²) in [6.45, 7) is 2.00. The summed E-state index contributed by atoms with van der Waals surface area (Å²) in [7, 11) is 1.56. The number of nitrogens with zero attached hydrogens (tertiary/aromatic N) is 2. The Hall–Kier alpha value is -3.52. The quantitative estimate of drug-likeness (QED) is 0.187. The molecule has 1 unspecified atom stereocenters. The zero-order valence-electron chi connectivity index (χ0n) is 16.7. The molecular formula is C22H22N2O6. The van der Waals surface area contributed by atoms with Crippen LogP contribution in [-0.4, -0.2) is 52.9 Å². The van der Waals surface area contributed by atoms with Crippen LogP contribution in [0.4, 0.5) is 0 Å². The average Bonchev–Trinajstić information content (AvgIpc) is 2.99. The Morgan fingerprint density at radius 3 is 2.40 bits per heavy atom. The van der Waals surface area contributed by atoms with Crippen LogP contribution in [0.5, 0.6) is 5.75 Å². The Morgan fingerprint density at radius 1 is 1.13 bits per heavy atom. The number of esters is 1. The molecule has 1 N–H and O–H groups in total. The highest BCUT2D eigenvalue weighted by molar-refractivity contribution is 6.46. The SMILES string of the molecule is COCCCN1C(=O)C(=O)/C(=C(\O)c2ccncc2)C1c1ccc(OC(C)=O)cc1. The van der Waals surface area contributed by atoms with E-state index in [1.54, 1.807) is 43.5 Å². The first-order valence-corrected chi connectivity index (χ1v) is 9.40. The van der Waals surface area contributed by atoms with E-state index in [9.17, 15) is 19.5 Å². The van der Waals surface area contributed by atoms with Crippen LogP contribution in [0.25, 0.3) is 5.76 Å². The van der Waals surface area contributed by atoms with Crippen molar-refractivity contribution < 1.29 is 29.0 Å². The van der Waals surface area contributed by atoms with Gasteiger partial charge in [-0.2, -0.15) is 0 Å². The van der Waals surface area contributed by atoms with Gasteiger partial charge in [0.15, 0.2) is 0 Å². The molecule has 1 aromatic heterocycles. The van der Waals surface area contributed by atoms with E-state index in [2.05, 4.69) is 4.98 Å². The van der Waals surface area contributed by atoms with E-state index < -0.39 is 23.7 Å². The van der Waals surface area contributed by atoms with Crippen molar-refractivity contribution in [2.24, 2.45) is 0 Å². The molecule has 1 fully saturated rings. The second kappa shape index (κ2) is 9.32. The van der Waals surface area contributed by atoms with E-state index >= 15 is 0 Å². The van der Waals surface area contributed by atoms with Gasteiger partial charge in [-0.25, -0.2) is 0 Å². The third-order valence-corrected chi connectivity index (χ3v) is 4.70.